The van der Waals surface area contributed by atoms with Crippen LogP contribution in [0.4, 0.5) is 0 Å². The molecule has 3 aromatic rings. The molecule has 4 rings (SSSR count). The van der Waals surface area contributed by atoms with Crippen LogP contribution in [0.25, 0.3) is 11.0 Å². The summed E-state index contributed by atoms with van der Waals surface area (Å²) in [6.07, 6.45) is 5.01. The molecule has 0 bridgehead atoms. The number of imidazole rings is 1. The summed E-state index contributed by atoms with van der Waals surface area (Å²) in [5, 5.41) is 1.18. The lowest BCUT2D eigenvalue weighted by Crippen LogP contribution is -2.32. The third-order valence-electron chi connectivity index (χ3n) is 4.91. The lowest BCUT2D eigenvalue weighted by molar-refractivity contribution is 0.222. The minimum Gasteiger partial charge on any atom is -0.324 e. The molecule has 0 spiro atoms. The maximum absolute atomic E-state index is 4.96. The van der Waals surface area contributed by atoms with Gasteiger partial charge in [0.05, 0.1) is 11.0 Å². The summed E-state index contributed by atoms with van der Waals surface area (Å²) in [5.41, 5.74) is 3.42. The minimum atomic E-state index is 0.528. The number of aromatic nitrogens is 3. The zero-order chi connectivity index (χ0) is 16.5. The highest BCUT2D eigenvalue weighted by molar-refractivity contribution is 7.27. The van der Waals surface area contributed by atoms with Crippen molar-refractivity contribution in [3.63, 3.8) is 0 Å². The Morgan fingerprint density at radius 1 is 1.17 bits per heavy atom. The molecule has 5 heteroatoms. The zero-order valence-corrected chi connectivity index (χ0v) is 15.2. The molecule has 24 heavy (non-hydrogen) atoms. The van der Waals surface area contributed by atoms with Gasteiger partial charge in [0.2, 0.25) is 0 Å². The maximum atomic E-state index is 4.96. The number of benzene rings is 1. The van der Waals surface area contributed by atoms with Crippen molar-refractivity contribution in [3.05, 3.63) is 54.1 Å². The van der Waals surface area contributed by atoms with Crippen molar-refractivity contribution in [2.24, 2.45) is 0 Å². The number of hydrogen-bond acceptors (Lipinski definition) is 3. The van der Waals surface area contributed by atoms with E-state index in [0.717, 1.165) is 36.5 Å². The summed E-state index contributed by atoms with van der Waals surface area (Å²) >= 11 is 0. The number of likely N-dealkylation sites (tertiary alicyclic amines) is 1. The molecule has 1 saturated heterocycles. The Morgan fingerprint density at radius 2 is 2.00 bits per heavy atom. The molecule has 4 nitrogen and oxygen atoms in total. The second kappa shape index (κ2) is 6.62. The molecule has 0 radical (unpaired) electrons. The van der Waals surface area contributed by atoms with Gasteiger partial charge in [-0.15, -0.1) is 9.24 Å². The van der Waals surface area contributed by atoms with Crippen LogP contribution in [0.3, 0.4) is 0 Å². The lowest BCUT2D eigenvalue weighted by Gasteiger charge is -2.31. The summed E-state index contributed by atoms with van der Waals surface area (Å²) in [6.45, 7) is 2.30. The van der Waals surface area contributed by atoms with Crippen molar-refractivity contribution in [2.45, 2.75) is 25.3 Å². The SMILES string of the molecule is CN1CCC(n2c(Cc3ccccn3)nc3cc(P)ccc32)CC1. The molecule has 0 aliphatic carbocycles. The van der Waals surface area contributed by atoms with E-state index in [1.807, 2.05) is 18.3 Å². The number of piperidine rings is 1. The summed E-state index contributed by atoms with van der Waals surface area (Å²) in [6, 6.07) is 13.2. The van der Waals surface area contributed by atoms with E-state index >= 15 is 0 Å². The van der Waals surface area contributed by atoms with Crippen molar-refractivity contribution in [2.75, 3.05) is 20.1 Å². The Balaban J connectivity index is 1.77. The van der Waals surface area contributed by atoms with Crippen molar-refractivity contribution < 1.29 is 0 Å². The number of fused-ring (bicyclic) bond motifs is 1. The van der Waals surface area contributed by atoms with Crippen molar-refractivity contribution in [3.8, 4) is 0 Å². The molecule has 0 saturated carbocycles. The monoisotopic (exact) mass is 338 g/mol. The third kappa shape index (κ3) is 3.09. The van der Waals surface area contributed by atoms with Crippen LogP contribution < -0.4 is 5.30 Å². The Bertz CT molecular complexity index is 835. The summed E-state index contributed by atoms with van der Waals surface area (Å²) in [7, 11) is 4.98. The van der Waals surface area contributed by atoms with Crippen LogP contribution in [0.15, 0.2) is 42.6 Å². The van der Waals surface area contributed by atoms with Gasteiger partial charge in [0, 0.05) is 24.4 Å². The standard InChI is InChI=1S/C19H23N4P/c1-22-10-7-15(8-11-22)23-18-6-5-16(24)13-17(18)21-19(23)12-14-4-2-3-9-20-14/h2-6,9,13,15H,7-8,10-12,24H2,1H3. The van der Waals surface area contributed by atoms with Crippen molar-refractivity contribution in [1.29, 1.82) is 0 Å². The van der Waals surface area contributed by atoms with Crippen molar-refractivity contribution in [1.82, 2.24) is 19.4 Å². The number of pyridine rings is 1. The highest BCUT2D eigenvalue weighted by Gasteiger charge is 2.23. The van der Waals surface area contributed by atoms with E-state index in [-0.39, 0.29) is 0 Å². The zero-order valence-electron chi connectivity index (χ0n) is 14.0. The quantitative estimate of drug-likeness (QED) is 0.689. The predicted octanol–water partition coefficient (Wildman–Crippen LogP) is 2.79. The molecule has 1 aliphatic rings. The average molecular weight is 338 g/mol. The van der Waals surface area contributed by atoms with Crippen LogP contribution in [-0.4, -0.2) is 39.6 Å². The largest absolute Gasteiger partial charge is 0.324 e. The molecular weight excluding hydrogens is 315 g/mol. The normalized spacial score (nSPS) is 16.8. The van der Waals surface area contributed by atoms with E-state index in [4.69, 9.17) is 4.98 Å². The smallest absolute Gasteiger partial charge is 0.116 e. The molecule has 3 heterocycles. The first-order valence-electron chi connectivity index (χ1n) is 8.55. The van der Waals surface area contributed by atoms with Gasteiger partial charge in [-0.2, -0.15) is 0 Å². The molecule has 1 aromatic carbocycles. The van der Waals surface area contributed by atoms with Gasteiger partial charge in [0.15, 0.2) is 0 Å². The fourth-order valence-electron chi connectivity index (χ4n) is 3.62. The first kappa shape index (κ1) is 15.7. The van der Waals surface area contributed by atoms with E-state index in [0.29, 0.717) is 6.04 Å². The van der Waals surface area contributed by atoms with E-state index in [1.165, 1.54) is 23.7 Å². The number of hydrogen-bond donors (Lipinski definition) is 0. The van der Waals surface area contributed by atoms with E-state index in [1.54, 1.807) is 0 Å². The molecule has 0 N–H and O–H groups in total. The van der Waals surface area contributed by atoms with Gasteiger partial charge in [-0.3, -0.25) is 4.98 Å². The van der Waals surface area contributed by atoms with Gasteiger partial charge in [0.25, 0.3) is 0 Å². The second-order valence-electron chi connectivity index (χ2n) is 6.68. The summed E-state index contributed by atoms with van der Waals surface area (Å²) < 4.78 is 2.47. The summed E-state index contributed by atoms with van der Waals surface area (Å²) in [4.78, 5) is 11.9. The Labute approximate surface area is 145 Å². The summed E-state index contributed by atoms with van der Waals surface area (Å²) in [5.74, 6) is 1.13. The highest BCUT2D eigenvalue weighted by Crippen LogP contribution is 2.29. The van der Waals surface area contributed by atoms with Gasteiger partial charge < -0.3 is 9.47 Å². The lowest BCUT2D eigenvalue weighted by atomic mass is 10.0. The Morgan fingerprint density at radius 3 is 2.75 bits per heavy atom. The van der Waals surface area contributed by atoms with Crippen LogP contribution in [-0.2, 0) is 6.42 Å². The van der Waals surface area contributed by atoms with E-state index in [2.05, 4.69) is 55.0 Å². The van der Waals surface area contributed by atoms with Crippen LogP contribution >= 0.6 is 9.24 Å². The fourth-order valence-corrected chi connectivity index (χ4v) is 3.87. The average Bonchev–Trinajstić information content (AvgIpc) is 2.93. The molecule has 2 aromatic heterocycles. The molecule has 1 atom stereocenters. The molecule has 1 fully saturated rings. The topological polar surface area (TPSA) is 34.0 Å². The third-order valence-corrected chi connectivity index (χ3v) is 5.26. The van der Waals surface area contributed by atoms with Gasteiger partial charge in [-0.1, -0.05) is 12.1 Å². The maximum Gasteiger partial charge on any atom is 0.116 e. The predicted molar refractivity (Wildman–Crippen MR) is 102 cm³/mol. The molecular formula is C19H23N4P. The fraction of sp³-hybridized carbons (Fsp3) is 0.368. The van der Waals surface area contributed by atoms with Gasteiger partial charge in [0.1, 0.15) is 5.82 Å². The first-order valence-corrected chi connectivity index (χ1v) is 9.13. The molecule has 124 valence electrons. The molecule has 0 amide bonds. The number of rotatable bonds is 3. The second-order valence-corrected chi connectivity index (χ2v) is 7.35. The van der Waals surface area contributed by atoms with E-state index < -0.39 is 0 Å². The van der Waals surface area contributed by atoms with Crippen LogP contribution in [0.2, 0.25) is 0 Å². The van der Waals surface area contributed by atoms with Gasteiger partial charge in [-0.25, -0.2) is 4.98 Å². The van der Waals surface area contributed by atoms with Gasteiger partial charge in [-0.05, 0) is 62.5 Å². The molecule has 1 unspecified atom stereocenters. The van der Waals surface area contributed by atoms with Crippen LogP contribution in [0.5, 0.6) is 0 Å². The van der Waals surface area contributed by atoms with Gasteiger partial charge >= 0.3 is 0 Å². The highest BCUT2D eigenvalue weighted by atomic mass is 31.0. The number of nitrogens with zero attached hydrogens (tertiary/aromatic N) is 4. The Hall–Kier alpha value is -1.77. The van der Waals surface area contributed by atoms with Crippen molar-refractivity contribution >= 4 is 25.6 Å². The van der Waals surface area contributed by atoms with Crippen LogP contribution in [0, 0.1) is 0 Å². The first-order chi connectivity index (χ1) is 11.7. The van der Waals surface area contributed by atoms with E-state index in [9.17, 15) is 0 Å². The van der Waals surface area contributed by atoms with Crippen LogP contribution in [0.1, 0.15) is 30.4 Å². The minimum absolute atomic E-state index is 0.528. The molecule has 1 aliphatic heterocycles. The Kier molecular flexibility index (Phi) is 4.34.